The van der Waals surface area contributed by atoms with E-state index in [1.807, 2.05) is 78.9 Å². The first-order chi connectivity index (χ1) is 12.8. The van der Waals surface area contributed by atoms with E-state index in [4.69, 9.17) is 4.74 Å². The highest BCUT2D eigenvalue weighted by molar-refractivity contribution is 5.58. The van der Waals surface area contributed by atoms with Gasteiger partial charge >= 0.3 is 5.56 Å². The lowest BCUT2D eigenvalue weighted by Crippen LogP contribution is -2.22. The fourth-order valence-electron chi connectivity index (χ4n) is 2.73. The minimum Gasteiger partial charge on any atom is -0.450 e. The predicted molar refractivity (Wildman–Crippen MR) is 102 cm³/mol. The molecule has 0 fully saturated rings. The topological polar surface area (TPSA) is 44.1 Å². The minimum atomic E-state index is -0.256. The van der Waals surface area contributed by atoms with E-state index in [2.05, 4.69) is 4.98 Å². The smallest absolute Gasteiger partial charge is 0.301 e. The summed E-state index contributed by atoms with van der Waals surface area (Å²) in [4.78, 5) is 17.7. The molecule has 0 atom stereocenters. The first-order valence-electron chi connectivity index (χ1n) is 8.29. The average Bonchev–Trinajstić information content (AvgIpc) is 2.71. The first kappa shape index (κ1) is 15.8. The van der Waals surface area contributed by atoms with Gasteiger partial charge in [0.05, 0.1) is 11.9 Å². The van der Waals surface area contributed by atoms with Gasteiger partial charge in [0, 0.05) is 5.56 Å². The second kappa shape index (κ2) is 7.07. The molecule has 0 amide bonds. The maximum Gasteiger partial charge on any atom is 0.301 e. The SMILES string of the molecule is O=c1c(Oc2ccccc2)cnc(-c2ccccc2)n1-c1ccccc1. The maximum absolute atomic E-state index is 13.2. The Hall–Kier alpha value is -3.66. The molecule has 0 aliphatic heterocycles. The summed E-state index contributed by atoms with van der Waals surface area (Å²) < 4.78 is 7.34. The number of hydrogen-bond acceptors (Lipinski definition) is 3. The van der Waals surface area contributed by atoms with E-state index in [0.29, 0.717) is 11.6 Å². The predicted octanol–water partition coefficient (Wildman–Crippen LogP) is 4.69. The Morgan fingerprint density at radius 3 is 1.96 bits per heavy atom. The molecule has 0 bridgehead atoms. The van der Waals surface area contributed by atoms with Gasteiger partial charge in [0.15, 0.2) is 0 Å². The van der Waals surface area contributed by atoms with Gasteiger partial charge in [-0.25, -0.2) is 4.98 Å². The molecule has 4 heteroatoms. The molecule has 0 unspecified atom stereocenters. The number of benzene rings is 3. The zero-order valence-electron chi connectivity index (χ0n) is 13.9. The molecule has 26 heavy (non-hydrogen) atoms. The van der Waals surface area contributed by atoms with Crippen molar-refractivity contribution in [3.8, 4) is 28.6 Å². The second-order valence-corrected chi connectivity index (χ2v) is 5.70. The molecule has 1 aromatic heterocycles. The fraction of sp³-hybridized carbons (Fsp3) is 0. The van der Waals surface area contributed by atoms with Crippen LogP contribution in [0.5, 0.6) is 11.5 Å². The van der Waals surface area contributed by atoms with Crippen LogP contribution >= 0.6 is 0 Å². The summed E-state index contributed by atoms with van der Waals surface area (Å²) in [5.41, 5.74) is 1.34. The first-order valence-corrected chi connectivity index (χ1v) is 8.29. The van der Waals surface area contributed by atoms with Gasteiger partial charge in [-0.3, -0.25) is 9.36 Å². The lowest BCUT2D eigenvalue weighted by Gasteiger charge is -2.14. The molecule has 0 spiro atoms. The van der Waals surface area contributed by atoms with Crippen LogP contribution < -0.4 is 10.3 Å². The van der Waals surface area contributed by atoms with Crippen LogP contribution in [0, 0.1) is 0 Å². The molecule has 0 N–H and O–H groups in total. The maximum atomic E-state index is 13.2. The Morgan fingerprint density at radius 2 is 1.31 bits per heavy atom. The van der Waals surface area contributed by atoms with Gasteiger partial charge in [-0.05, 0) is 24.3 Å². The van der Waals surface area contributed by atoms with Crippen molar-refractivity contribution in [3.05, 3.63) is 108 Å². The van der Waals surface area contributed by atoms with Crippen LogP contribution in [-0.2, 0) is 0 Å². The molecule has 4 aromatic rings. The summed E-state index contributed by atoms with van der Waals surface area (Å²) in [6.07, 6.45) is 1.48. The summed E-state index contributed by atoms with van der Waals surface area (Å²) in [6.45, 7) is 0. The van der Waals surface area contributed by atoms with Crippen molar-refractivity contribution in [2.45, 2.75) is 0 Å². The summed E-state index contributed by atoms with van der Waals surface area (Å²) in [5, 5.41) is 0. The number of nitrogens with zero attached hydrogens (tertiary/aromatic N) is 2. The van der Waals surface area contributed by atoms with E-state index < -0.39 is 0 Å². The van der Waals surface area contributed by atoms with E-state index in [9.17, 15) is 4.79 Å². The van der Waals surface area contributed by atoms with E-state index in [-0.39, 0.29) is 11.3 Å². The van der Waals surface area contributed by atoms with Crippen LogP contribution in [-0.4, -0.2) is 9.55 Å². The summed E-state index contributed by atoms with van der Waals surface area (Å²) >= 11 is 0. The molecule has 1 heterocycles. The molecular weight excluding hydrogens is 324 g/mol. The Kier molecular flexibility index (Phi) is 4.31. The normalized spacial score (nSPS) is 10.5. The highest BCUT2D eigenvalue weighted by Crippen LogP contribution is 2.23. The van der Waals surface area contributed by atoms with Crippen molar-refractivity contribution in [1.82, 2.24) is 9.55 Å². The standard InChI is InChI=1S/C22H16N2O2/c25-22-20(26-19-14-8-3-9-15-19)16-23-21(17-10-4-1-5-11-17)24(22)18-12-6-2-7-13-18/h1-16H. The number of para-hydroxylation sites is 2. The van der Waals surface area contributed by atoms with Gasteiger partial charge in [-0.15, -0.1) is 0 Å². The molecular formula is C22H16N2O2. The quantitative estimate of drug-likeness (QED) is 0.541. The van der Waals surface area contributed by atoms with E-state index in [0.717, 1.165) is 11.3 Å². The fourth-order valence-corrected chi connectivity index (χ4v) is 2.73. The number of hydrogen-bond donors (Lipinski definition) is 0. The van der Waals surface area contributed by atoms with Gasteiger partial charge in [-0.1, -0.05) is 66.7 Å². The Labute approximate surface area is 151 Å². The van der Waals surface area contributed by atoms with E-state index in [1.165, 1.54) is 6.20 Å². The Morgan fingerprint density at radius 1 is 0.731 bits per heavy atom. The van der Waals surface area contributed by atoms with E-state index >= 15 is 0 Å². The monoisotopic (exact) mass is 340 g/mol. The number of aromatic nitrogens is 2. The molecule has 0 radical (unpaired) electrons. The van der Waals surface area contributed by atoms with Crippen LogP contribution in [0.3, 0.4) is 0 Å². The largest absolute Gasteiger partial charge is 0.450 e. The molecule has 0 saturated heterocycles. The third-order valence-corrected chi connectivity index (χ3v) is 3.95. The highest BCUT2D eigenvalue weighted by Gasteiger charge is 2.15. The van der Waals surface area contributed by atoms with Gasteiger partial charge in [0.2, 0.25) is 5.75 Å². The molecule has 4 nitrogen and oxygen atoms in total. The van der Waals surface area contributed by atoms with Crippen LogP contribution in [0.15, 0.2) is 102 Å². The lowest BCUT2D eigenvalue weighted by atomic mass is 10.2. The third-order valence-electron chi connectivity index (χ3n) is 3.95. The zero-order chi connectivity index (χ0) is 17.8. The van der Waals surface area contributed by atoms with E-state index in [1.54, 1.807) is 16.7 Å². The van der Waals surface area contributed by atoms with Crippen LogP contribution in [0.2, 0.25) is 0 Å². The van der Waals surface area contributed by atoms with Crippen LogP contribution in [0.1, 0.15) is 0 Å². The van der Waals surface area contributed by atoms with Crippen molar-refractivity contribution in [2.24, 2.45) is 0 Å². The molecule has 126 valence electrons. The zero-order valence-corrected chi connectivity index (χ0v) is 13.9. The summed E-state index contributed by atoms with van der Waals surface area (Å²) in [6, 6.07) is 28.3. The lowest BCUT2D eigenvalue weighted by molar-refractivity contribution is 0.469. The van der Waals surface area contributed by atoms with Gasteiger partial charge in [-0.2, -0.15) is 0 Å². The molecule has 0 aliphatic rings. The summed E-state index contributed by atoms with van der Waals surface area (Å²) in [5.74, 6) is 1.35. The highest BCUT2D eigenvalue weighted by atomic mass is 16.5. The van der Waals surface area contributed by atoms with Crippen molar-refractivity contribution in [1.29, 1.82) is 0 Å². The molecule has 0 aliphatic carbocycles. The third kappa shape index (κ3) is 3.13. The van der Waals surface area contributed by atoms with Crippen LogP contribution in [0.4, 0.5) is 0 Å². The average molecular weight is 340 g/mol. The second-order valence-electron chi connectivity index (χ2n) is 5.70. The minimum absolute atomic E-state index is 0.180. The number of ether oxygens (including phenoxy) is 1. The van der Waals surface area contributed by atoms with Gasteiger partial charge < -0.3 is 4.74 Å². The number of rotatable bonds is 4. The Bertz CT molecular complexity index is 1060. The van der Waals surface area contributed by atoms with Crippen molar-refractivity contribution < 1.29 is 4.74 Å². The van der Waals surface area contributed by atoms with Crippen LogP contribution in [0.25, 0.3) is 17.1 Å². The van der Waals surface area contributed by atoms with Crippen molar-refractivity contribution in [2.75, 3.05) is 0 Å². The summed E-state index contributed by atoms with van der Waals surface area (Å²) in [7, 11) is 0. The molecule has 3 aromatic carbocycles. The molecule has 0 saturated carbocycles. The van der Waals surface area contributed by atoms with Gasteiger partial charge in [0.1, 0.15) is 11.6 Å². The van der Waals surface area contributed by atoms with Crippen molar-refractivity contribution in [3.63, 3.8) is 0 Å². The van der Waals surface area contributed by atoms with Gasteiger partial charge in [0.25, 0.3) is 0 Å². The Balaban J connectivity index is 1.89. The molecule has 4 rings (SSSR count). The van der Waals surface area contributed by atoms with Crippen molar-refractivity contribution >= 4 is 0 Å².